The fourth-order valence-corrected chi connectivity index (χ4v) is 8.72. The molecule has 2 saturated carbocycles. The fourth-order valence-electron chi connectivity index (χ4n) is 8.72. The lowest BCUT2D eigenvalue weighted by atomic mass is 9.51. The Labute approximate surface area is 258 Å². The van der Waals surface area contributed by atoms with E-state index in [1.807, 2.05) is 0 Å². The number of nitrogens with one attached hydrogen (secondary N) is 1. The van der Waals surface area contributed by atoms with Gasteiger partial charge in [0, 0.05) is 22.7 Å². The molecule has 238 valence electrons. The van der Waals surface area contributed by atoms with Crippen LogP contribution in [0.3, 0.4) is 0 Å². The topological polar surface area (TPSA) is 56.5 Å². The van der Waals surface area contributed by atoms with Crippen molar-refractivity contribution in [2.45, 2.75) is 78.6 Å². The molecule has 0 aromatic heterocycles. The Bertz CT molecular complexity index is 1320. The van der Waals surface area contributed by atoms with E-state index in [0.717, 1.165) is 66.6 Å². The van der Waals surface area contributed by atoms with Gasteiger partial charge in [0.1, 0.15) is 11.5 Å². The van der Waals surface area contributed by atoms with Crippen LogP contribution in [0.4, 0.5) is 17.6 Å². The average Bonchev–Trinajstić information content (AvgIpc) is 3.32. The minimum absolute atomic E-state index is 0.0270. The number of alkyl halides is 4. The van der Waals surface area contributed by atoms with Crippen LogP contribution in [0.15, 0.2) is 84.7 Å². The first-order valence-corrected chi connectivity index (χ1v) is 15.5. The van der Waals surface area contributed by atoms with Crippen molar-refractivity contribution < 1.29 is 27.0 Å². The molecule has 4 nitrogen and oxygen atoms in total. The van der Waals surface area contributed by atoms with Gasteiger partial charge in [-0.15, -0.1) is 0 Å². The SMILES string of the molecule is C=C1C=C(N)[C@@](C)(C2CC[C@]3(C)C(C(=C)NC(c4ccc(OC(F)F)cc4)c4ccc(OC(F)F)cc4)CCC3C2C)CC1. The highest BCUT2D eigenvalue weighted by molar-refractivity contribution is 5.39. The molecule has 0 radical (unpaired) electrons. The molecule has 44 heavy (non-hydrogen) atoms. The maximum Gasteiger partial charge on any atom is 0.387 e. The number of halogens is 4. The molecule has 5 rings (SSSR count). The van der Waals surface area contributed by atoms with Gasteiger partial charge in [-0.25, -0.2) is 0 Å². The molecule has 2 aromatic carbocycles. The molecule has 0 aliphatic heterocycles. The second-order valence-corrected chi connectivity index (χ2v) is 13.4. The fraction of sp³-hybridized carbons (Fsp3) is 0.500. The number of benzene rings is 2. The van der Waals surface area contributed by atoms with Gasteiger partial charge < -0.3 is 20.5 Å². The molecule has 3 aliphatic carbocycles. The van der Waals surface area contributed by atoms with Crippen LogP contribution in [0.2, 0.25) is 0 Å². The smallest absolute Gasteiger partial charge is 0.387 e. The normalized spacial score (nSPS) is 30.3. The van der Waals surface area contributed by atoms with Crippen LogP contribution in [0.5, 0.6) is 11.5 Å². The van der Waals surface area contributed by atoms with E-state index in [9.17, 15) is 17.6 Å². The zero-order valence-corrected chi connectivity index (χ0v) is 25.8. The highest BCUT2D eigenvalue weighted by atomic mass is 19.3. The Morgan fingerprint density at radius 2 is 1.41 bits per heavy atom. The summed E-state index contributed by atoms with van der Waals surface area (Å²) < 4.78 is 60.2. The maximum atomic E-state index is 12.8. The summed E-state index contributed by atoms with van der Waals surface area (Å²) in [7, 11) is 0. The summed E-state index contributed by atoms with van der Waals surface area (Å²) in [5.74, 6) is 1.87. The summed E-state index contributed by atoms with van der Waals surface area (Å²) >= 11 is 0. The Morgan fingerprint density at radius 1 is 0.864 bits per heavy atom. The average molecular weight is 613 g/mol. The van der Waals surface area contributed by atoms with Crippen LogP contribution in [-0.4, -0.2) is 13.2 Å². The van der Waals surface area contributed by atoms with Crippen LogP contribution in [0, 0.1) is 34.5 Å². The van der Waals surface area contributed by atoms with Gasteiger partial charge >= 0.3 is 13.2 Å². The first-order valence-electron chi connectivity index (χ1n) is 15.5. The first kappa shape index (κ1) is 32.0. The van der Waals surface area contributed by atoms with Crippen molar-refractivity contribution in [2.24, 2.45) is 40.2 Å². The van der Waals surface area contributed by atoms with Crippen molar-refractivity contribution in [3.8, 4) is 11.5 Å². The number of fused-ring (bicyclic) bond motifs is 1. The van der Waals surface area contributed by atoms with Gasteiger partial charge in [0.15, 0.2) is 0 Å². The van der Waals surface area contributed by atoms with Gasteiger partial charge in [-0.2, -0.15) is 17.6 Å². The minimum atomic E-state index is -2.92. The monoisotopic (exact) mass is 612 g/mol. The van der Waals surface area contributed by atoms with Crippen LogP contribution in [0.1, 0.15) is 76.5 Å². The molecule has 6 atom stereocenters. The molecule has 0 heterocycles. The van der Waals surface area contributed by atoms with Crippen molar-refractivity contribution >= 4 is 0 Å². The number of ether oxygens (including phenoxy) is 2. The molecule has 8 heteroatoms. The van der Waals surface area contributed by atoms with Gasteiger partial charge in [0.25, 0.3) is 0 Å². The lowest BCUT2D eigenvalue weighted by molar-refractivity contribution is -0.0505. The zero-order chi connectivity index (χ0) is 31.8. The van der Waals surface area contributed by atoms with E-state index in [4.69, 9.17) is 5.73 Å². The first-order chi connectivity index (χ1) is 20.8. The third kappa shape index (κ3) is 6.22. The van der Waals surface area contributed by atoms with Gasteiger partial charge in [-0.1, -0.05) is 63.8 Å². The van der Waals surface area contributed by atoms with Gasteiger partial charge in [0.05, 0.1) is 6.04 Å². The summed E-state index contributed by atoms with van der Waals surface area (Å²) in [6.07, 6.45) is 8.40. The highest BCUT2D eigenvalue weighted by Crippen LogP contribution is 2.64. The quantitative estimate of drug-likeness (QED) is 0.263. The third-order valence-corrected chi connectivity index (χ3v) is 11.1. The zero-order valence-electron chi connectivity index (χ0n) is 25.8. The number of allylic oxidation sites excluding steroid dienone is 4. The summed E-state index contributed by atoms with van der Waals surface area (Å²) in [4.78, 5) is 0. The summed E-state index contributed by atoms with van der Waals surface area (Å²) in [6, 6.07) is 12.6. The summed E-state index contributed by atoms with van der Waals surface area (Å²) in [5, 5.41) is 3.67. The number of rotatable bonds is 10. The predicted octanol–water partition coefficient (Wildman–Crippen LogP) is 9.36. The van der Waals surface area contributed by atoms with Crippen LogP contribution < -0.4 is 20.5 Å². The third-order valence-electron chi connectivity index (χ3n) is 11.1. The molecule has 2 aromatic rings. The standard InChI is InChI=1S/C36H44F4N2O2/c1-21-16-18-36(5,31(41)20-21)29-17-19-35(4)28(22(29)2)14-15-30(35)23(3)42-32(24-6-10-26(11-7-24)43-33(37)38)25-8-12-27(13-9-25)44-34(39)40/h6-13,20,22,28-30,32-34,42H,1,3,14-19,41H2,2,4-5H3/t22?,28?,29?,30?,35-,36+/m0/s1. The van der Waals surface area contributed by atoms with E-state index in [1.54, 1.807) is 24.3 Å². The largest absolute Gasteiger partial charge is 0.435 e. The Morgan fingerprint density at radius 3 is 1.91 bits per heavy atom. The Hall–Kier alpha value is -3.42. The van der Waals surface area contributed by atoms with Crippen LogP contribution in [-0.2, 0) is 0 Å². The molecular formula is C36H44F4N2O2. The minimum Gasteiger partial charge on any atom is -0.435 e. The molecule has 3 N–H and O–H groups in total. The van der Waals surface area contributed by atoms with E-state index in [-0.39, 0.29) is 34.3 Å². The lowest BCUT2D eigenvalue weighted by Crippen LogP contribution is -2.48. The summed E-state index contributed by atoms with van der Waals surface area (Å²) in [5.41, 5.74) is 11.3. The molecular weight excluding hydrogens is 568 g/mol. The van der Waals surface area contributed by atoms with Gasteiger partial charge in [0.2, 0.25) is 0 Å². The van der Waals surface area contributed by atoms with E-state index in [1.165, 1.54) is 24.3 Å². The second kappa shape index (κ2) is 12.5. The van der Waals surface area contributed by atoms with E-state index in [2.05, 4.69) is 54.8 Å². The van der Waals surface area contributed by atoms with Gasteiger partial charge in [-0.3, -0.25) is 0 Å². The van der Waals surface area contributed by atoms with Crippen LogP contribution >= 0.6 is 0 Å². The molecule has 2 fully saturated rings. The van der Waals surface area contributed by atoms with Crippen molar-refractivity contribution in [3.63, 3.8) is 0 Å². The molecule has 0 saturated heterocycles. The molecule has 4 unspecified atom stereocenters. The van der Waals surface area contributed by atoms with Crippen molar-refractivity contribution in [1.29, 1.82) is 0 Å². The maximum absolute atomic E-state index is 12.8. The van der Waals surface area contributed by atoms with Crippen LogP contribution in [0.25, 0.3) is 0 Å². The predicted molar refractivity (Wildman–Crippen MR) is 165 cm³/mol. The summed E-state index contributed by atoms with van der Waals surface area (Å²) in [6.45, 7) is 10.00. The van der Waals surface area contributed by atoms with Crippen molar-refractivity contribution in [1.82, 2.24) is 5.32 Å². The van der Waals surface area contributed by atoms with E-state index < -0.39 is 13.2 Å². The van der Waals surface area contributed by atoms with Gasteiger partial charge in [-0.05, 0) is 103 Å². The lowest BCUT2D eigenvalue weighted by Gasteiger charge is -2.54. The molecule has 0 bridgehead atoms. The highest BCUT2D eigenvalue weighted by Gasteiger charge is 2.56. The number of hydrogen-bond donors (Lipinski definition) is 2. The Balaban J connectivity index is 1.38. The van der Waals surface area contributed by atoms with Crippen molar-refractivity contribution in [2.75, 3.05) is 0 Å². The van der Waals surface area contributed by atoms with E-state index >= 15 is 0 Å². The molecule has 3 aliphatic rings. The van der Waals surface area contributed by atoms with Crippen molar-refractivity contribution in [3.05, 3.63) is 95.9 Å². The van der Waals surface area contributed by atoms with E-state index in [0.29, 0.717) is 17.8 Å². The second-order valence-electron chi connectivity index (χ2n) is 13.4. The number of nitrogens with two attached hydrogens (primary N) is 1. The molecule has 0 spiro atoms. The Kier molecular flexibility index (Phi) is 9.11. The molecule has 0 amide bonds. The number of hydrogen-bond acceptors (Lipinski definition) is 4.